The van der Waals surface area contributed by atoms with E-state index in [0.717, 1.165) is 5.56 Å². The summed E-state index contributed by atoms with van der Waals surface area (Å²) in [6.45, 7) is 3.83. The normalized spacial score (nSPS) is 20.7. The van der Waals surface area contributed by atoms with Gasteiger partial charge in [0.15, 0.2) is 0 Å². The Morgan fingerprint density at radius 2 is 2.12 bits per heavy atom. The van der Waals surface area contributed by atoms with Crippen LogP contribution in [0.25, 0.3) is 0 Å². The van der Waals surface area contributed by atoms with Gasteiger partial charge < -0.3 is 15.4 Å². The highest BCUT2D eigenvalue weighted by Crippen LogP contribution is 2.24. The van der Waals surface area contributed by atoms with Gasteiger partial charge in [-0.3, -0.25) is 4.79 Å². The number of aryl methyl sites for hydroxylation is 1. The molecular formula is C13H18N2O2. The predicted molar refractivity (Wildman–Crippen MR) is 65.5 cm³/mol. The Balaban J connectivity index is 2.21. The van der Waals surface area contributed by atoms with Gasteiger partial charge in [0, 0.05) is 13.1 Å². The molecule has 1 saturated heterocycles. The molecule has 1 aliphatic rings. The van der Waals surface area contributed by atoms with Crippen LogP contribution in [0.4, 0.5) is 0 Å². The first kappa shape index (κ1) is 12.1. The van der Waals surface area contributed by atoms with Crippen molar-refractivity contribution >= 4 is 5.91 Å². The van der Waals surface area contributed by atoms with Gasteiger partial charge in [0.05, 0.1) is 12.6 Å². The molecule has 1 amide bonds. The lowest BCUT2D eigenvalue weighted by Gasteiger charge is -2.35. The first-order valence-electron chi connectivity index (χ1n) is 5.86. The third-order valence-corrected chi connectivity index (χ3v) is 3.03. The van der Waals surface area contributed by atoms with Crippen LogP contribution < -0.4 is 5.73 Å². The summed E-state index contributed by atoms with van der Waals surface area (Å²) < 4.78 is 5.32. The van der Waals surface area contributed by atoms with Gasteiger partial charge in [0.2, 0.25) is 5.91 Å². The third kappa shape index (κ3) is 2.65. The van der Waals surface area contributed by atoms with E-state index in [2.05, 4.69) is 12.1 Å². The maximum Gasteiger partial charge on any atom is 0.249 e. The van der Waals surface area contributed by atoms with Crippen molar-refractivity contribution in [1.82, 2.24) is 4.90 Å². The van der Waals surface area contributed by atoms with Crippen molar-refractivity contribution in [3.05, 3.63) is 35.4 Å². The molecule has 0 aromatic heterocycles. The highest BCUT2D eigenvalue weighted by Gasteiger charge is 2.29. The number of benzene rings is 1. The Kier molecular flexibility index (Phi) is 3.76. The number of hydrogen-bond donors (Lipinski definition) is 1. The number of morpholine rings is 1. The molecule has 1 aliphatic heterocycles. The molecule has 1 aromatic carbocycles. The minimum atomic E-state index is 0.000370. The molecule has 4 nitrogen and oxygen atoms in total. The molecule has 0 saturated carbocycles. The first-order valence-corrected chi connectivity index (χ1v) is 5.86. The largest absolute Gasteiger partial charge is 0.369 e. The van der Waals surface area contributed by atoms with Crippen LogP contribution in [0.2, 0.25) is 0 Å². The van der Waals surface area contributed by atoms with E-state index in [1.54, 1.807) is 0 Å². The highest BCUT2D eigenvalue weighted by atomic mass is 16.5. The number of nitrogens with zero attached hydrogens (tertiary/aromatic N) is 1. The van der Waals surface area contributed by atoms with E-state index < -0.39 is 0 Å². The standard InChI is InChI=1S/C13H18N2O2/c1-10-2-4-11(5-3-10)12-8-17-9-13(16)15(12)7-6-14/h2-5,12H,6-9,14H2,1H3. The smallest absolute Gasteiger partial charge is 0.249 e. The van der Waals surface area contributed by atoms with Gasteiger partial charge in [-0.15, -0.1) is 0 Å². The summed E-state index contributed by atoms with van der Waals surface area (Å²) in [6.07, 6.45) is 0. The van der Waals surface area contributed by atoms with Crippen molar-refractivity contribution in [2.45, 2.75) is 13.0 Å². The second-order valence-corrected chi connectivity index (χ2v) is 4.32. The van der Waals surface area contributed by atoms with E-state index in [9.17, 15) is 4.79 Å². The monoisotopic (exact) mass is 234 g/mol. The molecule has 1 aromatic rings. The zero-order valence-electron chi connectivity index (χ0n) is 10.1. The maximum atomic E-state index is 11.8. The van der Waals surface area contributed by atoms with Gasteiger partial charge in [-0.05, 0) is 12.5 Å². The van der Waals surface area contributed by atoms with Crippen LogP contribution in [-0.4, -0.2) is 37.1 Å². The molecule has 0 spiro atoms. The van der Waals surface area contributed by atoms with Gasteiger partial charge in [-0.25, -0.2) is 0 Å². The molecule has 4 heteroatoms. The fourth-order valence-electron chi connectivity index (χ4n) is 2.09. The molecule has 2 rings (SSSR count). The summed E-state index contributed by atoms with van der Waals surface area (Å²) in [4.78, 5) is 13.6. The van der Waals surface area contributed by atoms with Gasteiger partial charge in [0.25, 0.3) is 0 Å². The van der Waals surface area contributed by atoms with Crippen LogP contribution in [0.1, 0.15) is 17.2 Å². The molecule has 2 N–H and O–H groups in total. The number of amides is 1. The van der Waals surface area contributed by atoms with Crippen LogP contribution in [0.3, 0.4) is 0 Å². The summed E-state index contributed by atoms with van der Waals surface area (Å²) in [5, 5.41) is 0. The van der Waals surface area contributed by atoms with E-state index in [1.165, 1.54) is 5.56 Å². The number of hydrogen-bond acceptors (Lipinski definition) is 3. The Morgan fingerprint density at radius 1 is 1.41 bits per heavy atom. The maximum absolute atomic E-state index is 11.8. The summed E-state index contributed by atoms with van der Waals surface area (Å²) in [5.41, 5.74) is 7.87. The lowest BCUT2D eigenvalue weighted by Crippen LogP contribution is -2.46. The lowest BCUT2D eigenvalue weighted by atomic mass is 10.0. The van der Waals surface area contributed by atoms with E-state index >= 15 is 0 Å². The van der Waals surface area contributed by atoms with Crippen LogP contribution in [0, 0.1) is 6.92 Å². The second kappa shape index (κ2) is 5.29. The molecule has 0 radical (unpaired) electrons. The van der Waals surface area contributed by atoms with Crippen LogP contribution in [0.15, 0.2) is 24.3 Å². The predicted octanol–water partition coefficient (Wildman–Crippen LogP) is 0.854. The average molecular weight is 234 g/mol. The Morgan fingerprint density at radius 3 is 2.76 bits per heavy atom. The molecular weight excluding hydrogens is 216 g/mol. The topological polar surface area (TPSA) is 55.6 Å². The van der Waals surface area contributed by atoms with E-state index in [4.69, 9.17) is 10.5 Å². The van der Waals surface area contributed by atoms with Gasteiger partial charge >= 0.3 is 0 Å². The van der Waals surface area contributed by atoms with E-state index in [0.29, 0.717) is 19.7 Å². The fourth-order valence-corrected chi connectivity index (χ4v) is 2.09. The van der Waals surface area contributed by atoms with Crippen molar-refractivity contribution in [2.24, 2.45) is 5.73 Å². The van der Waals surface area contributed by atoms with Crippen molar-refractivity contribution in [2.75, 3.05) is 26.3 Å². The molecule has 1 heterocycles. The Bertz CT molecular complexity index is 389. The zero-order chi connectivity index (χ0) is 12.3. The third-order valence-electron chi connectivity index (χ3n) is 3.03. The highest BCUT2D eigenvalue weighted by molar-refractivity contribution is 5.78. The summed E-state index contributed by atoms with van der Waals surface area (Å²) in [7, 11) is 0. The number of nitrogens with two attached hydrogens (primary N) is 1. The fraction of sp³-hybridized carbons (Fsp3) is 0.462. The number of ether oxygens (including phenoxy) is 1. The average Bonchev–Trinajstić information content (AvgIpc) is 2.33. The van der Waals surface area contributed by atoms with Crippen molar-refractivity contribution < 1.29 is 9.53 Å². The van der Waals surface area contributed by atoms with Crippen molar-refractivity contribution in [3.8, 4) is 0 Å². The molecule has 1 unspecified atom stereocenters. The number of rotatable bonds is 3. The minimum Gasteiger partial charge on any atom is -0.369 e. The molecule has 92 valence electrons. The second-order valence-electron chi connectivity index (χ2n) is 4.32. The molecule has 17 heavy (non-hydrogen) atoms. The Labute approximate surface area is 101 Å². The molecule has 0 aliphatic carbocycles. The van der Waals surface area contributed by atoms with Crippen molar-refractivity contribution in [1.29, 1.82) is 0 Å². The summed E-state index contributed by atoms with van der Waals surface area (Å²) in [5.74, 6) is 0.0206. The first-order chi connectivity index (χ1) is 8.22. The number of carbonyl (C=O) groups excluding carboxylic acids is 1. The summed E-state index contributed by atoms with van der Waals surface area (Å²) >= 11 is 0. The van der Waals surface area contributed by atoms with Crippen LogP contribution in [-0.2, 0) is 9.53 Å². The zero-order valence-corrected chi connectivity index (χ0v) is 10.1. The van der Waals surface area contributed by atoms with Gasteiger partial charge in [-0.2, -0.15) is 0 Å². The molecule has 1 fully saturated rings. The summed E-state index contributed by atoms with van der Waals surface area (Å²) in [6, 6.07) is 8.20. The van der Waals surface area contributed by atoms with Crippen LogP contribution >= 0.6 is 0 Å². The van der Waals surface area contributed by atoms with E-state index in [-0.39, 0.29) is 18.6 Å². The van der Waals surface area contributed by atoms with Crippen molar-refractivity contribution in [3.63, 3.8) is 0 Å². The SMILES string of the molecule is Cc1ccc(C2COCC(=O)N2CCN)cc1. The molecule has 0 bridgehead atoms. The quantitative estimate of drug-likeness (QED) is 0.843. The van der Waals surface area contributed by atoms with Gasteiger partial charge in [-0.1, -0.05) is 29.8 Å². The minimum absolute atomic E-state index is 0.000370. The molecule has 1 atom stereocenters. The van der Waals surface area contributed by atoms with Crippen LogP contribution in [0.5, 0.6) is 0 Å². The lowest BCUT2D eigenvalue weighted by molar-refractivity contribution is -0.148. The van der Waals surface area contributed by atoms with Gasteiger partial charge in [0.1, 0.15) is 6.61 Å². The Hall–Kier alpha value is -1.39. The number of carbonyl (C=O) groups is 1. The van der Waals surface area contributed by atoms with E-state index in [1.807, 2.05) is 24.0 Å².